The van der Waals surface area contributed by atoms with Gasteiger partial charge in [-0.15, -0.1) is 23.2 Å². The summed E-state index contributed by atoms with van der Waals surface area (Å²) in [6.45, 7) is 3.39. The van der Waals surface area contributed by atoms with Crippen molar-refractivity contribution in [3.63, 3.8) is 0 Å². The monoisotopic (exact) mass is 186 g/mol. The van der Waals surface area contributed by atoms with Crippen molar-refractivity contribution in [3.05, 3.63) is 0 Å². The lowest BCUT2D eigenvalue weighted by molar-refractivity contribution is -0.116. The van der Waals surface area contributed by atoms with Gasteiger partial charge in [-0.2, -0.15) is 0 Å². The highest BCUT2D eigenvalue weighted by atomic mass is 35.5. The third kappa shape index (κ3) is 24.1. The van der Waals surface area contributed by atoms with E-state index in [4.69, 9.17) is 28.3 Å². The number of hydrogen-bond donors (Lipinski definition) is 1. The maximum Gasteiger partial charge on any atom is 0.132 e. The second-order valence-corrected chi connectivity index (χ2v) is 2.89. The van der Waals surface area contributed by atoms with E-state index < -0.39 is 4.84 Å². The van der Waals surface area contributed by atoms with E-state index in [1.165, 1.54) is 6.92 Å². The summed E-state index contributed by atoms with van der Waals surface area (Å²) in [5, 5.41) is 7.57. The normalized spacial score (nSPS) is 8.60. The molecule has 0 aromatic carbocycles. The number of aliphatic hydroxyl groups is 1. The molecule has 0 rings (SSSR count). The smallest absolute Gasteiger partial charge is 0.132 e. The molecule has 0 unspecified atom stereocenters. The van der Waals surface area contributed by atoms with E-state index in [-0.39, 0.29) is 18.8 Å². The summed E-state index contributed by atoms with van der Waals surface area (Å²) in [6.07, 6.45) is 0.253. The molecule has 0 spiro atoms. The van der Waals surface area contributed by atoms with Crippen LogP contribution in [0.5, 0.6) is 0 Å². The molecule has 0 aliphatic carbocycles. The summed E-state index contributed by atoms with van der Waals surface area (Å²) in [5.74, 6) is 0.0231. The summed E-state index contributed by atoms with van der Waals surface area (Å²) in [4.78, 5) is 9.56. The molecule has 0 bridgehead atoms. The molecule has 0 atom stereocenters. The first-order chi connectivity index (χ1) is 4.54. The molecule has 0 saturated carbocycles. The van der Waals surface area contributed by atoms with Crippen molar-refractivity contribution in [2.75, 3.05) is 6.61 Å². The van der Waals surface area contributed by atoms with Crippen LogP contribution in [0, 0.1) is 0 Å². The van der Waals surface area contributed by atoms with Crippen LogP contribution in [0.25, 0.3) is 0 Å². The maximum absolute atomic E-state index is 10.1. The fraction of sp³-hybridized carbons (Fsp3) is 0.833. The summed E-state index contributed by atoms with van der Waals surface area (Å²) in [7, 11) is 0. The van der Waals surface area contributed by atoms with E-state index >= 15 is 0 Å². The number of ketones is 1. The Morgan fingerprint density at radius 2 is 1.90 bits per heavy atom. The SMILES string of the molecule is CC(=O)CC(Cl)Cl.CCO. The van der Waals surface area contributed by atoms with Crippen LogP contribution in [0.1, 0.15) is 20.3 Å². The van der Waals surface area contributed by atoms with E-state index in [2.05, 4.69) is 0 Å². The van der Waals surface area contributed by atoms with Gasteiger partial charge in [0.2, 0.25) is 0 Å². The van der Waals surface area contributed by atoms with Crippen molar-refractivity contribution in [1.82, 2.24) is 0 Å². The average molecular weight is 187 g/mol. The zero-order chi connectivity index (χ0) is 8.57. The Labute approximate surface area is 71.1 Å². The van der Waals surface area contributed by atoms with Crippen LogP contribution in [-0.4, -0.2) is 22.3 Å². The number of halogens is 2. The van der Waals surface area contributed by atoms with Gasteiger partial charge in [0.1, 0.15) is 10.6 Å². The molecule has 0 radical (unpaired) electrons. The lowest BCUT2D eigenvalue weighted by atomic mass is 10.4. The Hall–Kier alpha value is 0.210. The molecule has 10 heavy (non-hydrogen) atoms. The van der Waals surface area contributed by atoms with Gasteiger partial charge in [0, 0.05) is 13.0 Å². The van der Waals surface area contributed by atoms with Gasteiger partial charge >= 0.3 is 0 Å². The number of Topliss-reactive ketones (excluding diaryl/α,β-unsaturated/α-hetero) is 1. The first-order valence-corrected chi connectivity index (χ1v) is 3.80. The molecular formula is C6H12Cl2O2. The van der Waals surface area contributed by atoms with Gasteiger partial charge < -0.3 is 5.11 Å². The standard InChI is InChI=1S/C4H6Cl2O.C2H6O/c1-3(7)2-4(5)6;1-2-3/h4H,2H2,1H3;3H,2H2,1H3. The molecule has 2 nitrogen and oxygen atoms in total. The Bertz CT molecular complexity index is 83.8. The van der Waals surface area contributed by atoms with Gasteiger partial charge in [0.25, 0.3) is 0 Å². The van der Waals surface area contributed by atoms with Crippen molar-refractivity contribution in [2.24, 2.45) is 0 Å². The average Bonchev–Trinajstić information content (AvgIpc) is 1.62. The molecule has 62 valence electrons. The highest BCUT2D eigenvalue weighted by Crippen LogP contribution is 2.05. The predicted octanol–water partition coefficient (Wildman–Crippen LogP) is 1.77. The molecule has 0 amide bonds. The molecule has 0 saturated heterocycles. The molecule has 4 heteroatoms. The first-order valence-electron chi connectivity index (χ1n) is 2.93. The third-order valence-electron chi connectivity index (χ3n) is 0.442. The molecule has 1 N–H and O–H groups in total. The van der Waals surface area contributed by atoms with Gasteiger partial charge in [0.05, 0.1) is 0 Å². The van der Waals surface area contributed by atoms with Crippen LogP contribution >= 0.6 is 23.2 Å². The summed E-state index contributed by atoms with van der Waals surface area (Å²) >= 11 is 10.4. The van der Waals surface area contributed by atoms with Crippen molar-refractivity contribution < 1.29 is 9.90 Å². The molecule has 0 aromatic heterocycles. The fourth-order valence-electron chi connectivity index (χ4n) is 0.217. The van der Waals surface area contributed by atoms with Crippen LogP contribution < -0.4 is 0 Å². The molecular weight excluding hydrogens is 175 g/mol. The number of carbonyl (C=O) groups excluding carboxylic acids is 1. The Morgan fingerprint density at radius 1 is 1.60 bits per heavy atom. The van der Waals surface area contributed by atoms with E-state index in [0.29, 0.717) is 0 Å². The summed E-state index contributed by atoms with van der Waals surface area (Å²) in [5.41, 5.74) is 0. The Morgan fingerprint density at radius 3 is 1.90 bits per heavy atom. The van der Waals surface area contributed by atoms with Crippen molar-refractivity contribution in [3.8, 4) is 0 Å². The van der Waals surface area contributed by atoms with Gasteiger partial charge in [-0.3, -0.25) is 4.79 Å². The third-order valence-corrected chi connectivity index (χ3v) is 0.750. The fourth-order valence-corrected chi connectivity index (χ4v) is 0.652. The molecule has 0 heterocycles. The molecule has 0 aromatic rings. The van der Waals surface area contributed by atoms with E-state index in [1.807, 2.05) is 0 Å². The van der Waals surface area contributed by atoms with Crippen LogP contribution in [0.2, 0.25) is 0 Å². The minimum atomic E-state index is -0.530. The first kappa shape index (κ1) is 12.8. The largest absolute Gasteiger partial charge is 0.397 e. The van der Waals surface area contributed by atoms with Crippen LogP contribution in [0.15, 0.2) is 0 Å². The van der Waals surface area contributed by atoms with Crippen molar-refractivity contribution in [1.29, 1.82) is 0 Å². The van der Waals surface area contributed by atoms with E-state index in [0.717, 1.165) is 0 Å². The quantitative estimate of drug-likeness (QED) is 0.669. The minimum Gasteiger partial charge on any atom is -0.397 e. The second kappa shape index (κ2) is 9.21. The zero-order valence-corrected chi connectivity index (χ0v) is 7.61. The molecule has 0 aliphatic rings. The van der Waals surface area contributed by atoms with Gasteiger partial charge in [-0.25, -0.2) is 0 Å². The topological polar surface area (TPSA) is 37.3 Å². The molecule has 0 fully saturated rings. The highest BCUT2D eigenvalue weighted by molar-refractivity contribution is 6.45. The minimum absolute atomic E-state index is 0.0231. The number of carbonyl (C=O) groups is 1. The van der Waals surface area contributed by atoms with E-state index in [1.54, 1.807) is 6.92 Å². The summed E-state index contributed by atoms with van der Waals surface area (Å²) < 4.78 is 0. The Balaban J connectivity index is 0. The zero-order valence-electron chi connectivity index (χ0n) is 6.10. The van der Waals surface area contributed by atoms with Gasteiger partial charge in [0.15, 0.2) is 0 Å². The maximum atomic E-state index is 10.1. The van der Waals surface area contributed by atoms with Crippen molar-refractivity contribution >= 4 is 29.0 Å². The van der Waals surface area contributed by atoms with Gasteiger partial charge in [-0.1, -0.05) is 0 Å². The Kier molecular flexibility index (Phi) is 11.8. The van der Waals surface area contributed by atoms with E-state index in [9.17, 15) is 4.79 Å². The van der Waals surface area contributed by atoms with Crippen molar-refractivity contribution in [2.45, 2.75) is 25.1 Å². The number of rotatable bonds is 2. The number of aliphatic hydroxyl groups excluding tert-OH is 1. The molecule has 0 aliphatic heterocycles. The van der Waals surface area contributed by atoms with Crippen LogP contribution in [-0.2, 0) is 4.79 Å². The predicted molar refractivity (Wildman–Crippen MR) is 43.6 cm³/mol. The van der Waals surface area contributed by atoms with Crippen LogP contribution in [0.4, 0.5) is 0 Å². The highest BCUT2D eigenvalue weighted by Gasteiger charge is 2.00. The van der Waals surface area contributed by atoms with Gasteiger partial charge in [-0.05, 0) is 13.8 Å². The lowest BCUT2D eigenvalue weighted by Gasteiger charge is -1.90. The number of alkyl halides is 2. The second-order valence-electron chi connectivity index (χ2n) is 1.61. The van der Waals surface area contributed by atoms with Crippen LogP contribution in [0.3, 0.4) is 0 Å². The summed E-state index contributed by atoms with van der Waals surface area (Å²) in [6, 6.07) is 0. The lowest BCUT2D eigenvalue weighted by Crippen LogP contribution is -1.95. The number of hydrogen-bond acceptors (Lipinski definition) is 2.